The molecule has 0 unspecified atom stereocenters. The average molecular weight is 327 g/mol. The van der Waals surface area contributed by atoms with Crippen LogP contribution in [0, 0.1) is 0 Å². The molecule has 0 atom stereocenters. The molecule has 0 bridgehead atoms. The van der Waals surface area contributed by atoms with E-state index in [-0.39, 0.29) is 12.0 Å². The number of carbonyl (C=O) groups excluding carboxylic acids is 1. The van der Waals surface area contributed by atoms with Crippen LogP contribution in [0.15, 0.2) is 53.4 Å². The van der Waals surface area contributed by atoms with Crippen molar-refractivity contribution in [3.8, 4) is 5.75 Å². The molecule has 2 aromatic rings. The predicted molar refractivity (Wildman–Crippen MR) is 95.5 cm³/mol. The maximum absolute atomic E-state index is 12.4. The minimum absolute atomic E-state index is 0.111. The first-order chi connectivity index (χ1) is 11.3. The van der Waals surface area contributed by atoms with Crippen LogP contribution in [-0.2, 0) is 0 Å². The molecule has 1 fully saturated rings. The minimum atomic E-state index is -0.111. The van der Waals surface area contributed by atoms with Crippen molar-refractivity contribution >= 4 is 23.4 Å². The van der Waals surface area contributed by atoms with Crippen LogP contribution in [0.3, 0.4) is 0 Å². The standard InChI is InChI=1S/C19H21NO2S/c1-23-16-12-10-14(11-13-16)19(21)20-17-8-4-5-9-18(17)22-15-6-2-3-7-15/h4-5,8-13,15H,2-3,6-7H2,1H3,(H,20,21). The summed E-state index contributed by atoms with van der Waals surface area (Å²) < 4.78 is 6.06. The molecule has 2 aromatic carbocycles. The Morgan fingerprint density at radius 2 is 1.78 bits per heavy atom. The molecule has 4 heteroatoms. The second kappa shape index (κ2) is 7.55. The highest BCUT2D eigenvalue weighted by Gasteiger charge is 2.18. The van der Waals surface area contributed by atoms with E-state index in [2.05, 4.69) is 5.32 Å². The first kappa shape index (κ1) is 15.9. The van der Waals surface area contributed by atoms with Crippen molar-refractivity contribution < 1.29 is 9.53 Å². The van der Waals surface area contributed by atoms with Crippen molar-refractivity contribution in [3.05, 3.63) is 54.1 Å². The van der Waals surface area contributed by atoms with Gasteiger partial charge < -0.3 is 10.1 Å². The fourth-order valence-electron chi connectivity index (χ4n) is 2.80. The third-order valence-corrected chi connectivity index (χ3v) is 4.83. The number of anilines is 1. The molecule has 1 saturated carbocycles. The monoisotopic (exact) mass is 327 g/mol. The van der Waals surface area contributed by atoms with Gasteiger partial charge in [-0.2, -0.15) is 0 Å². The summed E-state index contributed by atoms with van der Waals surface area (Å²) in [5.74, 6) is 0.647. The van der Waals surface area contributed by atoms with Crippen LogP contribution >= 0.6 is 11.8 Å². The van der Waals surface area contributed by atoms with Crippen molar-refractivity contribution in [1.29, 1.82) is 0 Å². The molecule has 23 heavy (non-hydrogen) atoms. The van der Waals surface area contributed by atoms with Gasteiger partial charge in [0.25, 0.3) is 5.91 Å². The van der Waals surface area contributed by atoms with Gasteiger partial charge in [-0.25, -0.2) is 0 Å². The first-order valence-electron chi connectivity index (χ1n) is 7.97. The van der Waals surface area contributed by atoms with E-state index in [1.807, 2.05) is 54.8 Å². The maximum atomic E-state index is 12.4. The quantitative estimate of drug-likeness (QED) is 0.787. The van der Waals surface area contributed by atoms with Crippen LogP contribution in [-0.4, -0.2) is 18.3 Å². The first-order valence-corrected chi connectivity index (χ1v) is 9.20. The van der Waals surface area contributed by atoms with E-state index in [4.69, 9.17) is 4.74 Å². The Balaban J connectivity index is 1.72. The van der Waals surface area contributed by atoms with Crippen LogP contribution in [0.25, 0.3) is 0 Å². The van der Waals surface area contributed by atoms with Gasteiger partial charge in [0.2, 0.25) is 0 Å². The highest BCUT2D eigenvalue weighted by atomic mass is 32.2. The molecule has 0 spiro atoms. The zero-order valence-electron chi connectivity index (χ0n) is 13.2. The number of amides is 1. The lowest BCUT2D eigenvalue weighted by Gasteiger charge is -2.17. The van der Waals surface area contributed by atoms with Crippen molar-refractivity contribution in [2.75, 3.05) is 11.6 Å². The van der Waals surface area contributed by atoms with E-state index < -0.39 is 0 Å². The molecule has 0 saturated heterocycles. The number of para-hydroxylation sites is 2. The Morgan fingerprint density at radius 1 is 1.09 bits per heavy atom. The number of hydrogen-bond donors (Lipinski definition) is 1. The van der Waals surface area contributed by atoms with E-state index in [1.54, 1.807) is 11.8 Å². The number of ether oxygens (including phenoxy) is 1. The minimum Gasteiger partial charge on any atom is -0.488 e. The molecular weight excluding hydrogens is 306 g/mol. The molecule has 0 aliphatic heterocycles. The lowest BCUT2D eigenvalue weighted by atomic mass is 10.2. The van der Waals surface area contributed by atoms with Crippen molar-refractivity contribution in [2.24, 2.45) is 0 Å². The van der Waals surface area contributed by atoms with E-state index in [0.29, 0.717) is 5.56 Å². The number of hydrogen-bond acceptors (Lipinski definition) is 3. The fraction of sp³-hybridized carbons (Fsp3) is 0.316. The fourth-order valence-corrected chi connectivity index (χ4v) is 3.20. The Bertz CT molecular complexity index is 663. The van der Waals surface area contributed by atoms with Crippen LogP contribution in [0.5, 0.6) is 5.75 Å². The zero-order valence-corrected chi connectivity index (χ0v) is 14.1. The molecular formula is C19H21NO2S. The summed E-state index contributed by atoms with van der Waals surface area (Å²) in [5, 5.41) is 2.97. The van der Waals surface area contributed by atoms with Crippen LogP contribution in [0.1, 0.15) is 36.0 Å². The summed E-state index contributed by atoms with van der Waals surface area (Å²) >= 11 is 1.66. The van der Waals surface area contributed by atoms with Gasteiger partial charge in [0.05, 0.1) is 11.8 Å². The Kier molecular flexibility index (Phi) is 5.23. The number of nitrogens with one attached hydrogen (secondary N) is 1. The third kappa shape index (κ3) is 4.08. The molecule has 1 N–H and O–H groups in total. The summed E-state index contributed by atoms with van der Waals surface area (Å²) in [7, 11) is 0. The molecule has 0 heterocycles. The summed E-state index contributed by atoms with van der Waals surface area (Å²) in [6.07, 6.45) is 6.93. The van der Waals surface area contributed by atoms with Gasteiger partial charge in [0, 0.05) is 10.5 Å². The number of benzene rings is 2. The summed E-state index contributed by atoms with van der Waals surface area (Å²) in [6.45, 7) is 0. The molecule has 3 rings (SSSR count). The lowest BCUT2D eigenvalue weighted by molar-refractivity contribution is 0.102. The molecule has 0 aromatic heterocycles. The molecule has 120 valence electrons. The Morgan fingerprint density at radius 3 is 2.48 bits per heavy atom. The van der Waals surface area contributed by atoms with Gasteiger partial charge in [-0.15, -0.1) is 11.8 Å². The van der Waals surface area contributed by atoms with E-state index in [1.165, 1.54) is 12.8 Å². The third-order valence-electron chi connectivity index (χ3n) is 4.08. The SMILES string of the molecule is CSc1ccc(C(=O)Nc2ccccc2OC2CCCC2)cc1. The van der Waals surface area contributed by atoms with E-state index >= 15 is 0 Å². The number of rotatable bonds is 5. The van der Waals surface area contributed by atoms with Gasteiger partial charge in [0.1, 0.15) is 5.75 Å². The molecule has 3 nitrogen and oxygen atoms in total. The van der Waals surface area contributed by atoms with Gasteiger partial charge in [-0.1, -0.05) is 12.1 Å². The zero-order chi connectivity index (χ0) is 16.1. The van der Waals surface area contributed by atoms with Crippen molar-refractivity contribution in [3.63, 3.8) is 0 Å². The summed E-state index contributed by atoms with van der Waals surface area (Å²) in [5.41, 5.74) is 1.39. The molecule has 1 aliphatic rings. The van der Waals surface area contributed by atoms with Crippen LogP contribution < -0.4 is 10.1 Å². The highest BCUT2D eigenvalue weighted by Crippen LogP contribution is 2.30. The Hall–Kier alpha value is -1.94. The Labute approximate surface area is 141 Å². The largest absolute Gasteiger partial charge is 0.488 e. The van der Waals surface area contributed by atoms with Crippen LogP contribution in [0.4, 0.5) is 5.69 Å². The topological polar surface area (TPSA) is 38.3 Å². The van der Waals surface area contributed by atoms with E-state index in [0.717, 1.165) is 29.2 Å². The summed E-state index contributed by atoms with van der Waals surface area (Å²) in [4.78, 5) is 13.6. The van der Waals surface area contributed by atoms with Crippen molar-refractivity contribution in [1.82, 2.24) is 0 Å². The second-order valence-corrected chi connectivity index (χ2v) is 6.58. The van der Waals surface area contributed by atoms with Crippen LogP contribution in [0.2, 0.25) is 0 Å². The molecule has 1 aliphatic carbocycles. The smallest absolute Gasteiger partial charge is 0.255 e. The normalized spacial score (nSPS) is 14.7. The van der Waals surface area contributed by atoms with Gasteiger partial charge in [0.15, 0.2) is 0 Å². The summed E-state index contributed by atoms with van der Waals surface area (Å²) in [6, 6.07) is 15.3. The van der Waals surface area contributed by atoms with E-state index in [9.17, 15) is 4.79 Å². The maximum Gasteiger partial charge on any atom is 0.255 e. The highest BCUT2D eigenvalue weighted by molar-refractivity contribution is 7.98. The molecule has 1 amide bonds. The number of thioether (sulfide) groups is 1. The van der Waals surface area contributed by atoms with Crippen molar-refractivity contribution in [2.45, 2.75) is 36.7 Å². The van der Waals surface area contributed by atoms with Gasteiger partial charge in [-0.3, -0.25) is 4.79 Å². The number of carbonyl (C=O) groups is 1. The second-order valence-electron chi connectivity index (χ2n) is 5.70. The van der Waals surface area contributed by atoms with Gasteiger partial charge in [-0.05, 0) is 68.3 Å². The van der Waals surface area contributed by atoms with Gasteiger partial charge >= 0.3 is 0 Å². The predicted octanol–water partition coefficient (Wildman–Crippen LogP) is 4.98. The molecule has 0 radical (unpaired) electrons. The average Bonchev–Trinajstić information content (AvgIpc) is 3.10. The lowest BCUT2D eigenvalue weighted by Crippen LogP contribution is -2.15.